The molecule has 2 aromatic rings. The van der Waals surface area contributed by atoms with E-state index < -0.39 is 5.97 Å². The molecule has 0 amide bonds. The summed E-state index contributed by atoms with van der Waals surface area (Å²) in [6.45, 7) is 0. The number of ether oxygens (including phenoxy) is 1. The van der Waals surface area contributed by atoms with Gasteiger partial charge in [-0.3, -0.25) is 0 Å². The number of likely N-dealkylation sites (N-methyl/N-ethyl adjacent to an activating group) is 1. The number of aromatic hydroxyl groups is 1. The van der Waals surface area contributed by atoms with Crippen LogP contribution >= 0.6 is 0 Å². The van der Waals surface area contributed by atoms with Crippen molar-refractivity contribution in [3.05, 3.63) is 83.6 Å². The van der Waals surface area contributed by atoms with Gasteiger partial charge in [-0.2, -0.15) is 0 Å². The van der Waals surface area contributed by atoms with Gasteiger partial charge in [-0.15, -0.1) is 0 Å². The average Bonchev–Trinajstić information content (AvgIpc) is 2.62. The van der Waals surface area contributed by atoms with Gasteiger partial charge in [-0.25, -0.2) is 4.79 Å². The second-order valence-electron chi connectivity index (χ2n) is 6.00. The zero-order valence-electron chi connectivity index (χ0n) is 13.8. The van der Waals surface area contributed by atoms with Crippen molar-refractivity contribution in [3.8, 4) is 11.5 Å². The van der Waals surface area contributed by atoms with Crippen LogP contribution in [0, 0.1) is 0 Å². The van der Waals surface area contributed by atoms with Gasteiger partial charge in [0.25, 0.3) is 0 Å². The van der Waals surface area contributed by atoms with Crippen molar-refractivity contribution in [2.75, 3.05) is 11.9 Å². The highest BCUT2D eigenvalue weighted by atomic mass is 16.5. The maximum atomic E-state index is 13.0. The van der Waals surface area contributed by atoms with Gasteiger partial charge in [0.05, 0.1) is 5.57 Å². The number of phenols is 1. The van der Waals surface area contributed by atoms with Crippen molar-refractivity contribution < 1.29 is 14.6 Å². The molecule has 0 aromatic heterocycles. The monoisotopic (exact) mass is 331 g/mol. The smallest absolute Gasteiger partial charge is 0.344 e. The number of esters is 1. The van der Waals surface area contributed by atoms with E-state index >= 15 is 0 Å². The minimum atomic E-state index is -0.414. The van der Waals surface area contributed by atoms with Gasteiger partial charge in [-0.05, 0) is 36.3 Å². The van der Waals surface area contributed by atoms with E-state index in [1.807, 2.05) is 49.5 Å². The highest BCUT2D eigenvalue weighted by Crippen LogP contribution is 2.42. The maximum absolute atomic E-state index is 13.0. The van der Waals surface area contributed by atoms with E-state index in [-0.39, 0.29) is 5.75 Å². The molecule has 0 radical (unpaired) electrons. The predicted octanol–water partition coefficient (Wildman–Crippen LogP) is 4.05. The lowest BCUT2D eigenvalue weighted by molar-refractivity contribution is -0.128. The molecule has 4 nitrogen and oxygen atoms in total. The Hall–Kier alpha value is -3.27. The molecule has 4 rings (SSSR count). The number of nitrogens with zero attached hydrogens (tertiary/aromatic N) is 1. The predicted molar refractivity (Wildman–Crippen MR) is 97.3 cm³/mol. The fourth-order valence-electron chi connectivity index (χ4n) is 3.30. The highest BCUT2D eigenvalue weighted by molar-refractivity contribution is 6.22. The Morgan fingerprint density at radius 3 is 2.84 bits per heavy atom. The van der Waals surface area contributed by atoms with Crippen LogP contribution in [-0.4, -0.2) is 18.1 Å². The Morgan fingerprint density at radius 2 is 2.00 bits per heavy atom. The third-order valence-corrected chi connectivity index (χ3v) is 4.45. The first kappa shape index (κ1) is 15.3. The molecule has 2 aliphatic rings. The van der Waals surface area contributed by atoms with Crippen LogP contribution in [0.15, 0.2) is 78.0 Å². The van der Waals surface area contributed by atoms with Crippen molar-refractivity contribution in [1.29, 1.82) is 0 Å². The van der Waals surface area contributed by atoms with Crippen LogP contribution in [0.25, 0.3) is 5.57 Å². The molecule has 2 aromatic carbocycles. The summed E-state index contributed by atoms with van der Waals surface area (Å²) in [5, 5.41) is 9.59. The second-order valence-corrected chi connectivity index (χ2v) is 6.00. The molecular weight excluding hydrogens is 314 g/mol. The van der Waals surface area contributed by atoms with Crippen LogP contribution in [0.5, 0.6) is 11.5 Å². The van der Waals surface area contributed by atoms with E-state index in [0.717, 1.165) is 22.5 Å². The molecule has 0 bridgehead atoms. The van der Waals surface area contributed by atoms with Crippen LogP contribution in [-0.2, 0) is 4.79 Å². The Labute approximate surface area is 146 Å². The number of anilines is 1. The number of hydrogen-bond acceptors (Lipinski definition) is 4. The number of para-hydroxylation sites is 1. The van der Waals surface area contributed by atoms with E-state index in [9.17, 15) is 9.90 Å². The van der Waals surface area contributed by atoms with Crippen molar-refractivity contribution in [3.63, 3.8) is 0 Å². The molecule has 0 spiro atoms. The number of phenolic OH excluding ortho intramolecular Hbond substituents is 1. The molecule has 25 heavy (non-hydrogen) atoms. The molecule has 1 N–H and O–H groups in total. The molecule has 0 atom stereocenters. The lowest BCUT2D eigenvalue weighted by atomic mass is 9.87. The minimum Gasteiger partial charge on any atom is -0.508 e. The third kappa shape index (κ3) is 2.62. The zero-order chi connectivity index (χ0) is 17.4. The van der Waals surface area contributed by atoms with Gasteiger partial charge in [-0.1, -0.05) is 36.4 Å². The van der Waals surface area contributed by atoms with Gasteiger partial charge in [0.2, 0.25) is 0 Å². The van der Waals surface area contributed by atoms with Crippen LogP contribution < -0.4 is 9.64 Å². The highest BCUT2D eigenvalue weighted by Gasteiger charge is 2.31. The lowest BCUT2D eigenvalue weighted by Gasteiger charge is -2.34. The lowest BCUT2D eigenvalue weighted by Crippen LogP contribution is -2.27. The first-order chi connectivity index (χ1) is 12.1. The first-order valence-corrected chi connectivity index (χ1v) is 8.10. The van der Waals surface area contributed by atoms with Gasteiger partial charge >= 0.3 is 5.97 Å². The number of carbonyl (C=O) groups is 1. The van der Waals surface area contributed by atoms with Gasteiger partial charge < -0.3 is 14.7 Å². The van der Waals surface area contributed by atoms with Gasteiger partial charge in [0, 0.05) is 30.1 Å². The first-order valence-electron chi connectivity index (χ1n) is 8.10. The third-order valence-electron chi connectivity index (χ3n) is 4.45. The summed E-state index contributed by atoms with van der Waals surface area (Å²) in [5.41, 5.74) is 4.36. The topological polar surface area (TPSA) is 49.8 Å². The molecule has 0 fully saturated rings. The molecule has 1 aliphatic carbocycles. The summed E-state index contributed by atoms with van der Waals surface area (Å²) in [6.07, 6.45) is 6.72. The number of allylic oxidation sites excluding steroid dienone is 4. The van der Waals surface area contributed by atoms with E-state index in [0.29, 0.717) is 17.7 Å². The largest absolute Gasteiger partial charge is 0.508 e. The number of benzene rings is 2. The molecule has 4 heteroatoms. The van der Waals surface area contributed by atoms with Crippen molar-refractivity contribution in [1.82, 2.24) is 0 Å². The van der Waals surface area contributed by atoms with Crippen LogP contribution in [0.2, 0.25) is 0 Å². The van der Waals surface area contributed by atoms with Gasteiger partial charge in [0.1, 0.15) is 11.5 Å². The van der Waals surface area contributed by atoms with Crippen LogP contribution in [0.4, 0.5) is 5.69 Å². The minimum absolute atomic E-state index is 0.0629. The summed E-state index contributed by atoms with van der Waals surface area (Å²) in [6, 6.07) is 14.1. The molecule has 1 heterocycles. The maximum Gasteiger partial charge on any atom is 0.344 e. The Morgan fingerprint density at radius 1 is 1.16 bits per heavy atom. The second kappa shape index (κ2) is 5.98. The molecule has 0 saturated carbocycles. The summed E-state index contributed by atoms with van der Waals surface area (Å²) in [5.74, 6) is -0.0262. The fraction of sp³-hybridized carbons (Fsp3) is 0.0952. The average molecular weight is 331 g/mol. The summed E-state index contributed by atoms with van der Waals surface area (Å²) < 4.78 is 5.55. The molecule has 124 valence electrons. The number of hydrogen-bond donors (Lipinski definition) is 1. The Balaban J connectivity index is 1.81. The quantitative estimate of drug-likeness (QED) is 0.666. The Bertz CT molecular complexity index is 953. The molecule has 0 unspecified atom stereocenters. The Kier molecular flexibility index (Phi) is 3.65. The van der Waals surface area contributed by atoms with Gasteiger partial charge in [0.15, 0.2) is 0 Å². The van der Waals surface area contributed by atoms with E-state index in [1.54, 1.807) is 12.1 Å². The zero-order valence-corrected chi connectivity index (χ0v) is 13.8. The number of fused-ring (bicyclic) bond motifs is 2. The standard InChI is InChI=1S/C21H17NO3/c1-22-18-11-4-2-9-16(18)20(17-10-3-5-12-19(17)22)21(24)25-15-8-6-7-14(23)13-15/h2-9,11-13,23H,10H2,1H3. The van der Waals surface area contributed by atoms with E-state index in [2.05, 4.69) is 4.90 Å². The molecular formula is C21H17NO3. The van der Waals surface area contributed by atoms with Crippen molar-refractivity contribution in [2.24, 2.45) is 0 Å². The van der Waals surface area contributed by atoms with Crippen LogP contribution in [0.3, 0.4) is 0 Å². The number of carbonyl (C=O) groups excluding carboxylic acids is 1. The SMILES string of the molecule is CN1C2=CC=CCC2=C(C(=O)Oc2cccc(O)c2)c2ccccc21. The molecule has 0 saturated heterocycles. The van der Waals surface area contributed by atoms with Crippen LogP contribution in [0.1, 0.15) is 12.0 Å². The van der Waals surface area contributed by atoms with E-state index in [4.69, 9.17) is 4.74 Å². The fourth-order valence-corrected chi connectivity index (χ4v) is 3.30. The molecule has 1 aliphatic heterocycles. The normalized spacial score (nSPS) is 15.4. The van der Waals surface area contributed by atoms with Crippen molar-refractivity contribution >= 4 is 17.2 Å². The van der Waals surface area contributed by atoms with Crippen molar-refractivity contribution in [2.45, 2.75) is 6.42 Å². The number of rotatable bonds is 2. The summed E-state index contributed by atoms with van der Waals surface area (Å²) in [7, 11) is 2.00. The summed E-state index contributed by atoms with van der Waals surface area (Å²) in [4.78, 5) is 15.1. The van der Waals surface area contributed by atoms with E-state index in [1.165, 1.54) is 12.1 Å². The summed E-state index contributed by atoms with van der Waals surface area (Å²) >= 11 is 0.